The number of aryl methyl sites for hydroxylation is 1. The molecule has 0 saturated carbocycles. The third-order valence-electron chi connectivity index (χ3n) is 7.66. The van der Waals surface area contributed by atoms with Crippen molar-refractivity contribution in [3.8, 4) is 0 Å². The highest BCUT2D eigenvalue weighted by molar-refractivity contribution is 6.30. The molecular weight excluding hydrogens is 528 g/mol. The smallest absolute Gasteiger partial charge is 0.255 e. The maximum Gasteiger partial charge on any atom is 0.255 e. The zero-order valence-corrected chi connectivity index (χ0v) is 24.9. The van der Waals surface area contributed by atoms with Gasteiger partial charge >= 0.3 is 0 Å². The van der Waals surface area contributed by atoms with E-state index >= 15 is 0 Å². The van der Waals surface area contributed by atoms with Crippen LogP contribution in [0.15, 0.2) is 84.9 Å². The molecule has 0 spiro atoms. The molecule has 0 saturated heterocycles. The number of nitrogens with one attached hydrogen (secondary N) is 1. The third-order valence-corrected chi connectivity index (χ3v) is 7.91. The van der Waals surface area contributed by atoms with Gasteiger partial charge in [0.1, 0.15) is 11.6 Å². The fourth-order valence-electron chi connectivity index (χ4n) is 5.59. The number of amides is 1. The largest absolute Gasteiger partial charge is 0.349 e. The van der Waals surface area contributed by atoms with Crippen LogP contribution in [0.3, 0.4) is 0 Å². The topological polar surface area (TPSA) is 58.1 Å². The van der Waals surface area contributed by atoms with Crippen LogP contribution in [0.25, 0.3) is 11.6 Å². The normalized spacial score (nSPS) is 17.2. The highest BCUT2D eigenvalue weighted by Gasteiger charge is 2.56. The summed E-state index contributed by atoms with van der Waals surface area (Å²) < 4.78 is 0. The molecule has 5 rings (SSSR count). The molecule has 41 heavy (non-hydrogen) atoms. The number of hydrogen-bond donors (Lipinski definition) is 1. The second kappa shape index (κ2) is 12.3. The van der Waals surface area contributed by atoms with Gasteiger partial charge in [-0.15, -0.1) is 0 Å². The molecule has 0 radical (unpaired) electrons. The van der Waals surface area contributed by atoms with Crippen molar-refractivity contribution in [2.75, 3.05) is 11.4 Å². The van der Waals surface area contributed by atoms with Crippen LogP contribution in [0.4, 0.5) is 5.82 Å². The zero-order chi connectivity index (χ0) is 29.0. The van der Waals surface area contributed by atoms with Crippen molar-refractivity contribution in [1.29, 1.82) is 0 Å². The van der Waals surface area contributed by atoms with Crippen LogP contribution in [0, 0.1) is 6.92 Å². The molecule has 0 aliphatic carbocycles. The second-order valence-corrected chi connectivity index (χ2v) is 11.3. The van der Waals surface area contributed by atoms with Gasteiger partial charge in [-0.1, -0.05) is 112 Å². The van der Waals surface area contributed by atoms with E-state index in [2.05, 4.69) is 61.3 Å². The van der Waals surface area contributed by atoms with Crippen molar-refractivity contribution in [3.05, 3.63) is 124 Å². The molecule has 210 valence electrons. The van der Waals surface area contributed by atoms with Gasteiger partial charge in [0.25, 0.3) is 5.91 Å². The molecule has 3 aromatic carbocycles. The maximum atomic E-state index is 14.9. The molecule has 6 heteroatoms. The number of rotatable bonds is 9. The average molecular weight is 565 g/mol. The standard InChI is InChI=1S/C35H37ClN4O/c1-5-6-21-40-33-31(25(4)38-32(39-33)24(2)3)30(22-26-13-9-7-10-14-26)35(40,28-15-11-8-12-16-28)34(41)37-23-27-17-19-29(36)20-18-27/h7-20,22,24H,5-6,21,23H2,1-4H3,(H,37,41)/b30-22+. The Morgan fingerprint density at radius 1 is 0.976 bits per heavy atom. The highest BCUT2D eigenvalue weighted by Crippen LogP contribution is 2.54. The van der Waals surface area contributed by atoms with Crippen molar-refractivity contribution < 1.29 is 4.79 Å². The lowest BCUT2D eigenvalue weighted by Crippen LogP contribution is -2.55. The summed E-state index contributed by atoms with van der Waals surface area (Å²) in [4.78, 5) is 27.2. The number of halogens is 1. The van der Waals surface area contributed by atoms with Crippen LogP contribution in [0.5, 0.6) is 0 Å². The number of carbonyl (C=O) groups is 1. The number of carbonyl (C=O) groups excluding carboxylic acids is 1. The fourth-order valence-corrected chi connectivity index (χ4v) is 5.72. The number of hydrogen-bond acceptors (Lipinski definition) is 4. The first-order valence-corrected chi connectivity index (χ1v) is 14.8. The second-order valence-electron chi connectivity index (χ2n) is 10.9. The molecule has 4 aromatic rings. The van der Waals surface area contributed by atoms with Gasteiger partial charge in [-0.05, 0) is 48.2 Å². The summed E-state index contributed by atoms with van der Waals surface area (Å²) in [5.41, 5.74) is 4.45. The van der Waals surface area contributed by atoms with Crippen LogP contribution in [-0.4, -0.2) is 22.4 Å². The number of benzene rings is 3. The Morgan fingerprint density at radius 3 is 2.27 bits per heavy atom. The molecule has 5 nitrogen and oxygen atoms in total. The van der Waals surface area contributed by atoms with E-state index in [1.807, 2.05) is 67.6 Å². The van der Waals surface area contributed by atoms with E-state index in [0.717, 1.165) is 58.0 Å². The molecule has 1 amide bonds. The van der Waals surface area contributed by atoms with E-state index in [9.17, 15) is 4.79 Å². The summed E-state index contributed by atoms with van der Waals surface area (Å²) in [7, 11) is 0. The Bertz CT molecular complexity index is 1530. The van der Waals surface area contributed by atoms with Gasteiger partial charge in [0, 0.05) is 35.2 Å². The molecular formula is C35H37ClN4O. The Morgan fingerprint density at radius 2 is 1.63 bits per heavy atom. The van der Waals surface area contributed by atoms with E-state index in [4.69, 9.17) is 21.6 Å². The molecule has 1 N–H and O–H groups in total. The van der Waals surface area contributed by atoms with Gasteiger partial charge in [0.05, 0.1) is 5.69 Å². The van der Waals surface area contributed by atoms with Crippen LogP contribution in [0.1, 0.15) is 73.3 Å². The monoisotopic (exact) mass is 564 g/mol. The van der Waals surface area contributed by atoms with E-state index in [1.54, 1.807) is 0 Å². The van der Waals surface area contributed by atoms with E-state index in [1.165, 1.54) is 0 Å². The van der Waals surface area contributed by atoms with Gasteiger partial charge in [0.15, 0.2) is 5.54 Å². The Kier molecular flexibility index (Phi) is 8.55. The first-order chi connectivity index (χ1) is 19.9. The molecule has 1 unspecified atom stereocenters. The van der Waals surface area contributed by atoms with Gasteiger partial charge in [-0.2, -0.15) is 0 Å². The Labute approximate surface area is 248 Å². The summed E-state index contributed by atoms with van der Waals surface area (Å²) in [5.74, 6) is 1.66. The van der Waals surface area contributed by atoms with Crippen molar-refractivity contribution in [3.63, 3.8) is 0 Å². The van der Waals surface area contributed by atoms with Crippen LogP contribution < -0.4 is 10.2 Å². The predicted octanol–water partition coefficient (Wildman–Crippen LogP) is 7.93. The quantitative estimate of drug-likeness (QED) is 0.224. The van der Waals surface area contributed by atoms with E-state index in [0.29, 0.717) is 18.1 Å². The summed E-state index contributed by atoms with van der Waals surface area (Å²) in [6, 6.07) is 27.9. The number of unbranched alkanes of at least 4 members (excludes halogenated alkanes) is 1. The lowest BCUT2D eigenvalue weighted by Gasteiger charge is -2.40. The zero-order valence-electron chi connectivity index (χ0n) is 24.2. The van der Waals surface area contributed by atoms with Crippen molar-refractivity contribution in [2.24, 2.45) is 0 Å². The first kappa shape index (κ1) is 28.6. The van der Waals surface area contributed by atoms with Crippen LogP contribution >= 0.6 is 11.6 Å². The number of nitrogens with zero attached hydrogens (tertiary/aromatic N) is 3. The molecule has 1 atom stereocenters. The summed E-state index contributed by atoms with van der Waals surface area (Å²) in [5, 5.41) is 3.97. The minimum Gasteiger partial charge on any atom is -0.349 e. The lowest BCUT2D eigenvalue weighted by atomic mass is 9.79. The molecule has 0 bridgehead atoms. The summed E-state index contributed by atoms with van der Waals surface area (Å²) in [6.07, 6.45) is 4.05. The fraction of sp³-hybridized carbons (Fsp3) is 0.286. The molecule has 0 fully saturated rings. The first-order valence-electron chi connectivity index (χ1n) is 14.4. The van der Waals surface area contributed by atoms with Gasteiger partial charge in [0.2, 0.25) is 0 Å². The van der Waals surface area contributed by atoms with E-state index in [-0.39, 0.29) is 11.8 Å². The van der Waals surface area contributed by atoms with Crippen molar-refractivity contribution in [1.82, 2.24) is 15.3 Å². The highest BCUT2D eigenvalue weighted by atomic mass is 35.5. The Balaban J connectivity index is 1.78. The molecule has 2 heterocycles. The van der Waals surface area contributed by atoms with Crippen LogP contribution in [-0.2, 0) is 16.9 Å². The molecule has 1 aromatic heterocycles. The maximum absolute atomic E-state index is 14.9. The lowest BCUT2D eigenvalue weighted by molar-refractivity contribution is -0.124. The third kappa shape index (κ3) is 5.51. The minimum absolute atomic E-state index is 0.0968. The molecule has 1 aliphatic rings. The number of aromatic nitrogens is 2. The average Bonchev–Trinajstić information content (AvgIpc) is 3.26. The number of fused-ring (bicyclic) bond motifs is 1. The summed E-state index contributed by atoms with van der Waals surface area (Å²) in [6.45, 7) is 9.48. The Hall–Kier alpha value is -3.96. The number of anilines is 1. The van der Waals surface area contributed by atoms with Crippen molar-refractivity contribution in [2.45, 2.75) is 58.5 Å². The minimum atomic E-state index is -1.14. The summed E-state index contributed by atoms with van der Waals surface area (Å²) >= 11 is 6.13. The van der Waals surface area contributed by atoms with E-state index < -0.39 is 5.54 Å². The molecule has 1 aliphatic heterocycles. The predicted molar refractivity (Wildman–Crippen MR) is 169 cm³/mol. The van der Waals surface area contributed by atoms with Crippen LogP contribution in [0.2, 0.25) is 5.02 Å². The van der Waals surface area contributed by atoms with Gasteiger partial charge < -0.3 is 10.2 Å². The SMILES string of the molecule is CCCCN1c2nc(C(C)C)nc(C)c2/C(=C\c2ccccc2)C1(C(=O)NCc1ccc(Cl)cc1)c1ccccc1. The van der Waals surface area contributed by atoms with Gasteiger partial charge in [-0.25, -0.2) is 9.97 Å². The van der Waals surface area contributed by atoms with Gasteiger partial charge in [-0.3, -0.25) is 4.79 Å². The van der Waals surface area contributed by atoms with Crippen molar-refractivity contribution >= 4 is 35.0 Å².